The van der Waals surface area contributed by atoms with Gasteiger partial charge in [-0.3, -0.25) is 0 Å². The average molecular weight is 276 g/mol. The Kier molecular flexibility index (Phi) is 4.11. The summed E-state index contributed by atoms with van der Waals surface area (Å²) in [6, 6.07) is 8.97. The van der Waals surface area contributed by atoms with E-state index in [1.165, 1.54) is 35.4 Å². The molecule has 1 saturated carbocycles. The van der Waals surface area contributed by atoms with E-state index >= 15 is 0 Å². The third-order valence-electron chi connectivity index (χ3n) is 3.89. The molecule has 1 fully saturated rings. The normalized spacial score (nSPS) is 23.8. The fourth-order valence-electron chi connectivity index (χ4n) is 2.73. The molecule has 1 aliphatic carbocycles. The lowest BCUT2D eigenvalue weighted by atomic mass is 9.93. The quantitative estimate of drug-likeness (QED) is 0.930. The van der Waals surface area contributed by atoms with Crippen molar-refractivity contribution in [2.75, 3.05) is 7.11 Å². The molecule has 0 radical (unpaired) electrons. The largest absolute Gasteiger partial charge is 0.381 e. The van der Waals surface area contributed by atoms with Crippen LogP contribution >= 0.6 is 11.3 Å². The first-order valence-electron chi connectivity index (χ1n) is 6.96. The minimum atomic E-state index is 0.473. The van der Waals surface area contributed by atoms with Gasteiger partial charge in [0.15, 0.2) is 0 Å². The van der Waals surface area contributed by atoms with Crippen molar-refractivity contribution in [3.05, 3.63) is 29.3 Å². The molecule has 0 unspecified atom stereocenters. The van der Waals surface area contributed by atoms with Gasteiger partial charge in [-0.1, -0.05) is 12.1 Å². The molecule has 3 nitrogen and oxygen atoms in total. The van der Waals surface area contributed by atoms with Crippen LogP contribution in [0.25, 0.3) is 10.2 Å². The highest BCUT2D eigenvalue weighted by Gasteiger charge is 2.20. The van der Waals surface area contributed by atoms with Crippen molar-refractivity contribution in [1.82, 2.24) is 10.3 Å². The predicted octanol–water partition coefficient (Wildman–Crippen LogP) is 3.34. The van der Waals surface area contributed by atoms with Crippen LogP contribution in [0.5, 0.6) is 0 Å². The van der Waals surface area contributed by atoms with Crippen LogP contribution in [0.3, 0.4) is 0 Å². The summed E-state index contributed by atoms with van der Waals surface area (Å²) in [6.45, 7) is 0.891. The zero-order valence-corrected chi connectivity index (χ0v) is 12.1. The summed E-state index contributed by atoms with van der Waals surface area (Å²) in [7, 11) is 1.82. The zero-order chi connectivity index (χ0) is 13.1. The Balaban J connectivity index is 1.55. The van der Waals surface area contributed by atoms with Crippen LogP contribution in [-0.2, 0) is 11.3 Å². The first-order chi connectivity index (χ1) is 9.35. The summed E-state index contributed by atoms with van der Waals surface area (Å²) in [5, 5.41) is 4.83. The molecule has 3 rings (SSSR count). The van der Waals surface area contributed by atoms with E-state index in [9.17, 15) is 0 Å². The van der Waals surface area contributed by atoms with E-state index in [1.54, 1.807) is 11.3 Å². The van der Waals surface area contributed by atoms with Crippen molar-refractivity contribution in [3.8, 4) is 0 Å². The minimum Gasteiger partial charge on any atom is -0.381 e. The van der Waals surface area contributed by atoms with Crippen molar-refractivity contribution in [2.45, 2.75) is 44.4 Å². The second-order valence-corrected chi connectivity index (χ2v) is 6.28. The third-order valence-corrected chi connectivity index (χ3v) is 4.92. The SMILES string of the molecule is COC1CCC(NCc2nc3ccccc3s2)CC1. The number of aromatic nitrogens is 1. The number of thiazole rings is 1. The van der Waals surface area contributed by atoms with E-state index in [4.69, 9.17) is 4.74 Å². The van der Waals surface area contributed by atoms with Crippen LogP contribution in [-0.4, -0.2) is 24.2 Å². The standard InChI is InChI=1S/C15H20N2OS/c1-18-12-8-6-11(7-9-12)16-10-15-17-13-4-2-3-5-14(13)19-15/h2-5,11-12,16H,6-10H2,1H3. The van der Waals surface area contributed by atoms with Crippen molar-refractivity contribution in [3.63, 3.8) is 0 Å². The topological polar surface area (TPSA) is 34.1 Å². The molecule has 4 heteroatoms. The molecule has 0 spiro atoms. The van der Waals surface area contributed by atoms with Crippen molar-refractivity contribution in [1.29, 1.82) is 0 Å². The second kappa shape index (κ2) is 5.99. The molecule has 0 bridgehead atoms. The molecule has 0 amide bonds. The van der Waals surface area contributed by atoms with E-state index in [1.807, 2.05) is 13.2 Å². The maximum absolute atomic E-state index is 5.40. The molecule has 0 atom stereocenters. The summed E-state index contributed by atoms with van der Waals surface area (Å²) in [4.78, 5) is 4.66. The van der Waals surface area contributed by atoms with E-state index in [0.717, 1.165) is 12.1 Å². The first-order valence-corrected chi connectivity index (χ1v) is 7.77. The number of hydrogen-bond donors (Lipinski definition) is 1. The summed E-state index contributed by atoms with van der Waals surface area (Å²) < 4.78 is 6.68. The number of methoxy groups -OCH3 is 1. The molecule has 1 N–H and O–H groups in total. The Bertz CT molecular complexity index is 499. The number of benzene rings is 1. The molecular weight excluding hydrogens is 256 g/mol. The Morgan fingerprint density at radius 2 is 2.05 bits per heavy atom. The van der Waals surface area contributed by atoms with Gasteiger partial charge in [0.1, 0.15) is 5.01 Å². The van der Waals surface area contributed by atoms with E-state index in [-0.39, 0.29) is 0 Å². The smallest absolute Gasteiger partial charge is 0.108 e. The van der Waals surface area contributed by atoms with Crippen LogP contribution in [0, 0.1) is 0 Å². The lowest BCUT2D eigenvalue weighted by Gasteiger charge is -2.28. The van der Waals surface area contributed by atoms with Gasteiger partial charge in [0.05, 0.1) is 16.3 Å². The first kappa shape index (κ1) is 13.0. The molecule has 102 valence electrons. The molecule has 1 aromatic heterocycles. The summed E-state index contributed by atoms with van der Waals surface area (Å²) >= 11 is 1.79. The lowest BCUT2D eigenvalue weighted by Crippen LogP contribution is -2.34. The van der Waals surface area contributed by atoms with Gasteiger partial charge in [0.2, 0.25) is 0 Å². The number of nitrogens with one attached hydrogen (secondary N) is 1. The van der Waals surface area contributed by atoms with Gasteiger partial charge in [0.25, 0.3) is 0 Å². The number of ether oxygens (including phenoxy) is 1. The van der Waals surface area contributed by atoms with Crippen LogP contribution in [0.2, 0.25) is 0 Å². The lowest BCUT2D eigenvalue weighted by molar-refractivity contribution is 0.0624. The fourth-order valence-corrected chi connectivity index (χ4v) is 3.65. The number of nitrogens with zero attached hydrogens (tertiary/aromatic N) is 1. The Labute approximate surface area is 118 Å². The molecule has 1 heterocycles. The van der Waals surface area contributed by atoms with Crippen molar-refractivity contribution >= 4 is 21.6 Å². The van der Waals surface area contributed by atoms with E-state index in [2.05, 4.69) is 28.5 Å². The van der Waals surface area contributed by atoms with Crippen LogP contribution in [0.1, 0.15) is 30.7 Å². The van der Waals surface area contributed by atoms with Crippen molar-refractivity contribution < 1.29 is 4.74 Å². The van der Waals surface area contributed by atoms with Crippen LogP contribution < -0.4 is 5.32 Å². The van der Waals surface area contributed by atoms with Gasteiger partial charge in [-0.05, 0) is 37.8 Å². The number of rotatable bonds is 4. The predicted molar refractivity (Wildman–Crippen MR) is 79.5 cm³/mol. The van der Waals surface area contributed by atoms with E-state index < -0.39 is 0 Å². The zero-order valence-electron chi connectivity index (χ0n) is 11.3. The summed E-state index contributed by atoms with van der Waals surface area (Å²) in [6.07, 6.45) is 5.25. The number of fused-ring (bicyclic) bond motifs is 1. The monoisotopic (exact) mass is 276 g/mol. The fraction of sp³-hybridized carbons (Fsp3) is 0.533. The summed E-state index contributed by atoms with van der Waals surface area (Å²) in [5.74, 6) is 0. The highest BCUT2D eigenvalue weighted by Crippen LogP contribution is 2.23. The van der Waals surface area contributed by atoms with Gasteiger partial charge in [-0.2, -0.15) is 0 Å². The highest BCUT2D eigenvalue weighted by atomic mass is 32.1. The number of para-hydroxylation sites is 1. The van der Waals surface area contributed by atoms with Gasteiger partial charge in [-0.15, -0.1) is 11.3 Å². The Morgan fingerprint density at radius 1 is 1.26 bits per heavy atom. The molecule has 0 saturated heterocycles. The maximum Gasteiger partial charge on any atom is 0.108 e. The Hall–Kier alpha value is -0.970. The second-order valence-electron chi connectivity index (χ2n) is 5.17. The molecule has 0 aliphatic heterocycles. The van der Waals surface area contributed by atoms with Gasteiger partial charge >= 0.3 is 0 Å². The summed E-state index contributed by atoms with van der Waals surface area (Å²) in [5.41, 5.74) is 1.12. The average Bonchev–Trinajstić information content (AvgIpc) is 2.88. The number of hydrogen-bond acceptors (Lipinski definition) is 4. The molecule has 1 aromatic carbocycles. The van der Waals surface area contributed by atoms with Crippen LogP contribution in [0.15, 0.2) is 24.3 Å². The minimum absolute atomic E-state index is 0.473. The highest BCUT2D eigenvalue weighted by molar-refractivity contribution is 7.18. The third kappa shape index (κ3) is 3.14. The van der Waals surface area contributed by atoms with Crippen LogP contribution in [0.4, 0.5) is 0 Å². The van der Waals surface area contributed by atoms with Crippen molar-refractivity contribution in [2.24, 2.45) is 0 Å². The molecular formula is C15H20N2OS. The molecule has 1 aliphatic rings. The van der Waals surface area contributed by atoms with Gasteiger partial charge < -0.3 is 10.1 Å². The van der Waals surface area contributed by atoms with Gasteiger partial charge in [0, 0.05) is 19.7 Å². The molecule has 19 heavy (non-hydrogen) atoms. The van der Waals surface area contributed by atoms with Gasteiger partial charge in [-0.25, -0.2) is 4.98 Å². The van der Waals surface area contributed by atoms with E-state index in [0.29, 0.717) is 12.1 Å². The molecule has 2 aromatic rings. The maximum atomic E-state index is 5.40. The Morgan fingerprint density at radius 3 is 2.79 bits per heavy atom.